The maximum atomic E-state index is 12.0. The number of nitrogen functional groups attached to an aromatic ring is 1. The Morgan fingerprint density at radius 1 is 1.44 bits per heavy atom. The van der Waals surface area contributed by atoms with E-state index in [0.29, 0.717) is 17.0 Å². The van der Waals surface area contributed by atoms with Gasteiger partial charge in [0.25, 0.3) is 5.91 Å². The van der Waals surface area contributed by atoms with E-state index in [1.165, 1.54) is 0 Å². The second-order valence-electron chi connectivity index (χ2n) is 3.95. The number of hydrogen-bond donors (Lipinski definition) is 2. The summed E-state index contributed by atoms with van der Waals surface area (Å²) in [6, 6.07) is 8.52. The molecule has 0 aliphatic heterocycles. The van der Waals surface area contributed by atoms with E-state index in [4.69, 9.17) is 10.2 Å². The molecule has 0 unspecified atom stereocenters. The van der Waals surface area contributed by atoms with Crippen LogP contribution in [0.4, 0.5) is 5.69 Å². The first-order chi connectivity index (χ1) is 8.58. The molecule has 0 aliphatic rings. The van der Waals surface area contributed by atoms with E-state index in [9.17, 15) is 4.79 Å². The number of carbonyl (C=O) groups excluding carboxylic acids is 1. The van der Waals surface area contributed by atoms with Crippen molar-refractivity contribution in [2.24, 2.45) is 0 Å². The third-order valence-electron chi connectivity index (χ3n) is 2.58. The summed E-state index contributed by atoms with van der Waals surface area (Å²) in [5, 5.41) is 2.84. The van der Waals surface area contributed by atoms with E-state index < -0.39 is 0 Å². The summed E-state index contributed by atoms with van der Waals surface area (Å²) < 4.78 is 6.00. The van der Waals surface area contributed by atoms with Gasteiger partial charge in [-0.25, -0.2) is 0 Å². The fraction of sp³-hybridized carbons (Fsp3) is 0.154. The summed E-state index contributed by atoms with van der Waals surface area (Å²) in [4.78, 5) is 12.0. The Labute approximate surface area is 113 Å². The minimum absolute atomic E-state index is 0.182. The summed E-state index contributed by atoms with van der Waals surface area (Å²) in [5.74, 6) is 0.534. The summed E-state index contributed by atoms with van der Waals surface area (Å²) in [6.07, 6.45) is 1.58. The molecule has 3 N–H and O–H groups in total. The third-order valence-corrected chi connectivity index (χ3v) is 3.30. The first-order valence-corrected chi connectivity index (χ1v) is 6.26. The Balaban J connectivity index is 2.10. The second kappa shape index (κ2) is 5.27. The summed E-state index contributed by atoms with van der Waals surface area (Å²) in [6.45, 7) is 1.86. The molecule has 1 atom stereocenters. The van der Waals surface area contributed by atoms with Crippen LogP contribution in [0.2, 0.25) is 0 Å². The van der Waals surface area contributed by atoms with Crippen LogP contribution >= 0.6 is 15.9 Å². The van der Waals surface area contributed by atoms with Gasteiger partial charge in [0, 0.05) is 15.7 Å². The molecule has 0 saturated heterocycles. The van der Waals surface area contributed by atoms with Crippen molar-refractivity contribution < 1.29 is 9.21 Å². The molecule has 1 heterocycles. The van der Waals surface area contributed by atoms with Crippen molar-refractivity contribution in [3.05, 3.63) is 52.4 Å². The van der Waals surface area contributed by atoms with Gasteiger partial charge >= 0.3 is 0 Å². The number of hydrogen-bond acceptors (Lipinski definition) is 3. The number of halogens is 1. The molecular weight excluding hydrogens is 296 g/mol. The number of rotatable bonds is 3. The van der Waals surface area contributed by atoms with Gasteiger partial charge in [-0.3, -0.25) is 4.79 Å². The van der Waals surface area contributed by atoms with Crippen LogP contribution in [0.5, 0.6) is 0 Å². The zero-order chi connectivity index (χ0) is 13.1. The van der Waals surface area contributed by atoms with Gasteiger partial charge in [0.2, 0.25) is 0 Å². The van der Waals surface area contributed by atoms with Crippen LogP contribution in [0.25, 0.3) is 0 Å². The van der Waals surface area contributed by atoms with Crippen LogP contribution in [0.1, 0.15) is 29.1 Å². The van der Waals surface area contributed by atoms with Crippen molar-refractivity contribution in [2.45, 2.75) is 13.0 Å². The number of furan rings is 1. The van der Waals surface area contributed by atoms with Gasteiger partial charge in [-0.15, -0.1) is 0 Å². The largest absolute Gasteiger partial charge is 0.467 e. The fourth-order valence-electron chi connectivity index (χ4n) is 1.57. The lowest BCUT2D eigenvalue weighted by Crippen LogP contribution is -2.26. The molecule has 2 rings (SSSR count). The lowest BCUT2D eigenvalue weighted by atomic mass is 10.1. The maximum absolute atomic E-state index is 12.0. The molecular formula is C13H13BrN2O2. The molecule has 1 amide bonds. The normalized spacial score (nSPS) is 12.1. The molecule has 0 fully saturated rings. The first kappa shape index (κ1) is 12.7. The van der Waals surface area contributed by atoms with Crippen molar-refractivity contribution in [3.8, 4) is 0 Å². The Hall–Kier alpha value is -1.75. The number of benzene rings is 1. The van der Waals surface area contributed by atoms with Gasteiger partial charge in [0.05, 0.1) is 12.3 Å². The van der Waals surface area contributed by atoms with Crippen LogP contribution in [-0.2, 0) is 0 Å². The molecule has 2 aromatic rings. The zero-order valence-electron chi connectivity index (χ0n) is 9.81. The van der Waals surface area contributed by atoms with E-state index >= 15 is 0 Å². The highest BCUT2D eigenvalue weighted by molar-refractivity contribution is 9.10. The van der Waals surface area contributed by atoms with Gasteiger partial charge in [-0.05, 0) is 53.2 Å². The number of nitrogens with two attached hydrogens (primary N) is 1. The van der Waals surface area contributed by atoms with Gasteiger partial charge in [-0.2, -0.15) is 0 Å². The van der Waals surface area contributed by atoms with Gasteiger partial charge in [0.15, 0.2) is 0 Å². The second-order valence-corrected chi connectivity index (χ2v) is 4.80. The van der Waals surface area contributed by atoms with E-state index in [2.05, 4.69) is 21.2 Å². The molecule has 5 heteroatoms. The minimum atomic E-state index is -0.183. The molecule has 0 saturated carbocycles. The highest BCUT2D eigenvalue weighted by Crippen LogP contribution is 2.21. The Bertz CT molecular complexity index is 552. The zero-order valence-corrected chi connectivity index (χ0v) is 11.4. The molecule has 4 nitrogen and oxygen atoms in total. The lowest BCUT2D eigenvalue weighted by Gasteiger charge is -2.11. The van der Waals surface area contributed by atoms with Crippen LogP contribution in [-0.4, -0.2) is 5.91 Å². The number of anilines is 1. The van der Waals surface area contributed by atoms with Crippen LogP contribution < -0.4 is 11.1 Å². The molecule has 0 aliphatic carbocycles. The monoisotopic (exact) mass is 308 g/mol. The fourth-order valence-corrected chi connectivity index (χ4v) is 1.82. The maximum Gasteiger partial charge on any atom is 0.251 e. The van der Waals surface area contributed by atoms with E-state index in [1.807, 2.05) is 13.0 Å². The topological polar surface area (TPSA) is 68.3 Å². The van der Waals surface area contributed by atoms with Gasteiger partial charge < -0.3 is 15.5 Å². The lowest BCUT2D eigenvalue weighted by molar-refractivity contribution is 0.0935. The average Bonchev–Trinajstić information content (AvgIpc) is 2.86. The van der Waals surface area contributed by atoms with Crippen molar-refractivity contribution in [2.75, 3.05) is 5.73 Å². The Morgan fingerprint density at radius 2 is 2.22 bits per heavy atom. The minimum Gasteiger partial charge on any atom is -0.467 e. The van der Waals surface area contributed by atoms with Crippen molar-refractivity contribution in [3.63, 3.8) is 0 Å². The van der Waals surface area contributed by atoms with E-state index in [1.54, 1.807) is 30.5 Å². The quantitative estimate of drug-likeness (QED) is 0.856. The van der Waals surface area contributed by atoms with E-state index in [-0.39, 0.29) is 11.9 Å². The smallest absolute Gasteiger partial charge is 0.251 e. The molecule has 1 aromatic heterocycles. The molecule has 0 spiro atoms. The molecule has 0 bridgehead atoms. The van der Waals surface area contributed by atoms with Gasteiger partial charge in [0.1, 0.15) is 5.76 Å². The summed E-state index contributed by atoms with van der Waals surface area (Å²) >= 11 is 3.29. The highest BCUT2D eigenvalue weighted by atomic mass is 79.9. The first-order valence-electron chi connectivity index (χ1n) is 5.47. The Kier molecular flexibility index (Phi) is 3.72. The van der Waals surface area contributed by atoms with Crippen LogP contribution in [0, 0.1) is 0 Å². The predicted molar refractivity (Wildman–Crippen MR) is 73.1 cm³/mol. The SMILES string of the molecule is C[C@@H](NC(=O)c1ccc(Br)c(N)c1)c1ccco1. The van der Waals surface area contributed by atoms with Crippen molar-refractivity contribution in [1.82, 2.24) is 5.32 Å². The average molecular weight is 309 g/mol. The summed E-state index contributed by atoms with van der Waals surface area (Å²) in [5.41, 5.74) is 6.80. The van der Waals surface area contributed by atoms with Crippen molar-refractivity contribution >= 4 is 27.5 Å². The van der Waals surface area contributed by atoms with Crippen molar-refractivity contribution in [1.29, 1.82) is 0 Å². The number of amides is 1. The molecule has 1 aromatic carbocycles. The Morgan fingerprint density at radius 3 is 2.83 bits per heavy atom. The highest BCUT2D eigenvalue weighted by Gasteiger charge is 2.13. The number of carbonyl (C=O) groups is 1. The predicted octanol–water partition coefficient (Wildman–Crippen LogP) is 3.12. The van der Waals surface area contributed by atoms with E-state index in [0.717, 1.165) is 4.47 Å². The van der Waals surface area contributed by atoms with Crippen LogP contribution in [0.3, 0.4) is 0 Å². The molecule has 0 radical (unpaired) electrons. The number of nitrogens with one attached hydrogen (secondary N) is 1. The molecule has 94 valence electrons. The third kappa shape index (κ3) is 2.73. The van der Waals surface area contributed by atoms with Crippen LogP contribution in [0.15, 0.2) is 45.5 Å². The standard InChI is InChI=1S/C13H13BrN2O2/c1-8(12-3-2-6-18-12)16-13(17)9-4-5-10(14)11(15)7-9/h2-8H,15H2,1H3,(H,16,17)/t8-/m1/s1. The van der Waals surface area contributed by atoms with Gasteiger partial charge in [-0.1, -0.05) is 0 Å². The molecule has 18 heavy (non-hydrogen) atoms. The summed E-state index contributed by atoms with van der Waals surface area (Å²) in [7, 11) is 0.